The maximum atomic E-state index is 12.4. The molecule has 1 heterocycles. The summed E-state index contributed by atoms with van der Waals surface area (Å²) in [5.41, 5.74) is 0.670. The lowest BCUT2D eigenvalue weighted by Gasteiger charge is -2.17. The second kappa shape index (κ2) is 7.24. The number of benzene rings is 1. The van der Waals surface area contributed by atoms with Gasteiger partial charge in [-0.3, -0.25) is 4.79 Å². The minimum Gasteiger partial charge on any atom is -0.444 e. The number of hydrogen-bond acceptors (Lipinski definition) is 4. The van der Waals surface area contributed by atoms with Crippen molar-refractivity contribution in [3.63, 3.8) is 0 Å². The Balaban J connectivity index is 1.69. The second-order valence-electron chi connectivity index (χ2n) is 5.36. The van der Waals surface area contributed by atoms with Crippen LogP contribution in [0, 0.1) is 0 Å². The lowest BCUT2D eigenvalue weighted by atomic mass is 10.1. The topological polar surface area (TPSA) is 55.4 Å². The first-order valence-corrected chi connectivity index (χ1v) is 8.38. The number of nitrogens with one attached hydrogen (secondary N) is 1. The fourth-order valence-corrected chi connectivity index (χ4v) is 2.72. The van der Waals surface area contributed by atoms with E-state index >= 15 is 0 Å². The number of carbonyl (C=O) groups excluding carboxylic acids is 2. The summed E-state index contributed by atoms with van der Waals surface area (Å²) in [7, 11) is 0. The molecule has 3 rings (SSSR count). The van der Waals surface area contributed by atoms with E-state index in [0.29, 0.717) is 5.56 Å². The van der Waals surface area contributed by atoms with Gasteiger partial charge in [0.15, 0.2) is 0 Å². The first-order valence-electron chi connectivity index (χ1n) is 7.50. The maximum absolute atomic E-state index is 12.4. The fraction of sp³-hybridized carbons (Fsp3) is 0.222. The Morgan fingerprint density at radius 2 is 1.96 bits per heavy atom. The Morgan fingerprint density at radius 1 is 1.17 bits per heavy atom. The van der Waals surface area contributed by atoms with Crippen LogP contribution in [0.1, 0.15) is 29.4 Å². The van der Waals surface area contributed by atoms with E-state index in [1.54, 1.807) is 18.2 Å². The molecule has 0 bridgehead atoms. The third-order valence-electron chi connectivity index (χ3n) is 3.43. The van der Waals surface area contributed by atoms with Crippen LogP contribution in [0.3, 0.4) is 0 Å². The van der Waals surface area contributed by atoms with E-state index in [4.69, 9.17) is 4.74 Å². The number of ether oxygens (including phenoxy) is 1. The SMILES string of the molecule is O=C(/C=C/c1cccs1)O[C@H](C(=O)NC1CC1)c1ccccc1. The van der Waals surface area contributed by atoms with Gasteiger partial charge in [0, 0.05) is 22.6 Å². The standard InChI is InChI=1S/C18H17NO3S/c20-16(11-10-15-7-4-12-23-15)22-17(13-5-2-1-3-6-13)18(21)19-14-8-9-14/h1-7,10-12,14,17H,8-9H2,(H,19,21)/b11-10+/t17-/m0/s1. The highest BCUT2D eigenvalue weighted by Gasteiger charge is 2.30. The van der Waals surface area contributed by atoms with Crippen LogP contribution in [-0.4, -0.2) is 17.9 Å². The summed E-state index contributed by atoms with van der Waals surface area (Å²) in [6.07, 6.45) is 4.09. The highest BCUT2D eigenvalue weighted by atomic mass is 32.1. The predicted octanol–water partition coefficient (Wildman–Crippen LogP) is 3.32. The van der Waals surface area contributed by atoms with E-state index in [9.17, 15) is 9.59 Å². The molecule has 1 atom stereocenters. The highest BCUT2D eigenvalue weighted by molar-refractivity contribution is 7.10. The molecule has 1 aromatic heterocycles. The van der Waals surface area contributed by atoms with Crippen LogP contribution in [0.2, 0.25) is 0 Å². The highest BCUT2D eigenvalue weighted by Crippen LogP contribution is 2.23. The number of amides is 1. The summed E-state index contributed by atoms with van der Waals surface area (Å²) in [6, 6.07) is 13.1. The van der Waals surface area contributed by atoms with Gasteiger partial charge in [0.2, 0.25) is 6.10 Å². The van der Waals surface area contributed by atoms with Crippen molar-refractivity contribution >= 4 is 29.3 Å². The molecule has 1 aliphatic rings. The van der Waals surface area contributed by atoms with Gasteiger partial charge in [-0.05, 0) is 30.4 Å². The normalized spacial score (nSPS) is 15.3. The lowest BCUT2D eigenvalue weighted by molar-refractivity contribution is -0.151. The van der Waals surface area contributed by atoms with E-state index in [1.807, 2.05) is 35.7 Å². The predicted molar refractivity (Wildman–Crippen MR) is 89.8 cm³/mol. The van der Waals surface area contributed by atoms with Crippen LogP contribution >= 0.6 is 11.3 Å². The molecule has 5 heteroatoms. The quantitative estimate of drug-likeness (QED) is 0.654. The summed E-state index contributed by atoms with van der Waals surface area (Å²) >= 11 is 1.53. The Bertz CT molecular complexity index is 690. The molecule has 118 valence electrons. The number of thiophene rings is 1. The summed E-state index contributed by atoms with van der Waals surface area (Å²) in [5, 5.41) is 4.82. The van der Waals surface area contributed by atoms with Crippen molar-refractivity contribution in [1.29, 1.82) is 0 Å². The molecule has 0 unspecified atom stereocenters. The number of esters is 1. The summed E-state index contributed by atoms with van der Waals surface area (Å²) < 4.78 is 5.39. The maximum Gasteiger partial charge on any atom is 0.331 e. The average molecular weight is 327 g/mol. The van der Waals surface area contributed by atoms with E-state index in [0.717, 1.165) is 17.7 Å². The molecule has 0 spiro atoms. The van der Waals surface area contributed by atoms with Gasteiger partial charge >= 0.3 is 5.97 Å². The van der Waals surface area contributed by atoms with Gasteiger partial charge in [-0.25, -0.2) is 4.79 Å². The number of rotatable bonds is 6. The van der Waals surface area contributed by atoms with Gasteiger partial charge < -0.3 is 10.1 Å². The Labute approximate surface area is 138 Å². The molecule has 1 fully saturated rings. The van der Waals surface area contributed by atoms with Crippen molar-refractivity contribution in [3.8, 4) is 0 Å². The van der Waals surface area contributed by atoms with Gasteiger partial charge in [0.1, 0.15) is 0 Å². The molecule has 1 aliphatic carbocycles. The van der Waals surface area contributed by atoms with Gasteiger partial charge in [-0.2, -0.15) is 0 Å². The van der Waals surface area contributed by atoms with Crippen molar-refractivity contribution in [2.24, 2.45) is 0 Å². The molecular formula is C18H17NO3S. The van der Waals surface area contributed by atoms with Gasteiger partial charge in [-0.15, -0.1) is 11.3 Å². The third-order valence-corrected chi connectivity index (χ3v) is 4.26. The zero-order chi connectivity index (χ0) is 16.1. The van der Waals surface area contributed by atoms with Crippen LogP contribution < -0.4 is 5.32 Å². The van der Waals surface area contributed by atoms with Crippen molar-refractivity contribution in [3.05, 3.63) is 64.4 Å². The zero-order valence-corrected chi connectivity index (χ0v) is 13.3. The largest absolute Gasteiger partial charge is 0.444 e. The molecule has 0 aliphatic heterocycles. The minimum absolute atomic E-state index is 0.217. The number of carbonyl (C=O) groups is 2. The molecule has 1 amide bonds. The van der Waals surface area contributed by atoms with Crippen LogP contribution in [0.15, 0.2) is 53.9 Å². The van der Waals surface area contributed by atoms with Crippen LogP contribution in [-0.2, 0) is 14.3 Å². The van der Waals surface area contributed by atoms with Crippen molar-refractivity contribution < 1.29 is 14.3 Å². The lowest BCUT2D eigenvalue weighted by Crippen LogP contribution is -2.33. The summed E-state index contributed by atoms with van der Waals surface area (Å²) in [6.45, 7) is 0. The van der Waals surface area contributed by atoms with Crippen molar-refractivity contribution in [1.82, 2.24) is 5.32 Å². The van der Waals surface area contributed by atoms with E-state index in [2.05, 4.69) is 5.32 Å². The molecule has 1 N–H and O–H groups in total. The van der Waals surface area contributed by atoms with Crippen LogP contribution in [0.5, 0.6) is 0 Å². The Morgan fingerprint density at radius 3 is 2.61 bits per heavy atom. The van der Waals surface area contributed by atoms with E-state index in [-0.39, 0.29) is 11.9 Å². The summed E-state index contributed by atoms with van der Waals surface area (Å²) in [5.74, 6) is -0.797. The fourth-order valence-electron chi connectivity index (χ4n) is 2.10. The first-order chi connectivity index (χ1) is 11.2. The van der Waals surface area contributed by atoms with Crippen LogP contribution in [0.25, 0.3) is 6.08 Å². The molecule has 4 nitrogen and oxygen atoms in total. The third kappa shape index (κ3) is 4.53. The molecular weight excluding hydrogens is 310 g/mol. The summed E-state index contributed by atoms with van der Waals surface area (Å²) in [4.78, 5) is 25.4. The Hall–Kier alpha value is -2.40. The van der Waals surface area contributed by atoms with Gasteiger partial charge in [0.05, 0.1) is 0 Å². The van der Waals surface area contributed by atoms with Crippen LogP contribution in [0.4, 0.5) is 0 Å². The molecule has 23 heavy (non-hydrogen) atoms. The minimum atomic E-state index is -0.919. The van der Waals surface area contributed by atoms with Gasteiger partial charge in [0.25, 0.3) is 5.91 Å². The monoisotopic (exact) mass is 327 g/mol. The molecule has 0 radical (unpaired) electrons. The number of hydrogen-bond donors (Lipinski definition) is 1. The zero-order valence-electron chi connectivity index (χ0n) is 12.5. The van der Waals surface area contributed by atoms with Crippen molar-refractivity contribution in [2.75, 3.05) is 0 Å². The Kier molecular flexibility index (Phi) is 4.88. The van der Waals surface area contributed by atoms with Gasteiger partial charge in [-0.1, -0.05) is 36.4 Å². The molecule has 1 aromatic carbocycles. The molecule has 0 saturated heterocycles. The van der Waals surface area contributed by atoms with E-state index in [1.165, 1.54) is 17.4 Å². The van der Waals surface area contributed by atoms with Crippen molar-refractivity contribution in [2.45, 2.75) is 25.0 Å². The second-order valence-corrected chi connectivity index (χ2v) is 6.34. The molecule has 2 aromatic rings. The van der Waals surface area contributed by atoms with E-state index < -0.39 is 12.1 Å². The smallest absolute Gasteiger partial charge is 0.331 e. The molecule has 1 saturated carbocycles. The average Bonchev–Trinajstić information content (AvgIpc) is 3.22. The first kappa shape index (κ1) is 15.5.